The van der Waals surface area contributed by atoms with Gasteiger partial charge in [0.05, 0.1) is 19.3 Å². The van der Waals surface area contributed by atoms with Crippen LogP contribution in [0.25, 0.3) is 0 Å². The molecule has 1 aliphatic carbocycles. The van der Waals surface area contributed by atoms with E-state index in [2.05, 4.69) is 29.2 Å². The molecule has 28 heavy (non-hydrogen) atoms. The fraction of sp³-hybridized carbons (Fsp3) is 0.478. The molecule has 1 fully saturated rings. The summed E-state index contributed by atoms with van der Waals surface area (Å²) >= 11 is 0. The fourth-order valence-electron chi connectivity index (χ4n) is 5.05. The molecule has 1 N–H and O–H groups in total. The SMILES string of the molecule is COc1ccc2c(c1)[C@@H](N1CCC(c3cccc4c3OCCO4)CC1)[C@H](O)C2. The number of rotatable bonds is 3. The van der Waals surface area contributed by atoms with Gasteiger partial charge in [-0.25, -0.2) is 0 Å². The average molecular weight is 381 g/mol. The van der Waals surface area contributed by atoms with E-state index in [0.29, 0.717) is 19.1 Å². The van der Waals surface area contributed by atoms with Gasteiger partial charge in [-0.2, -0.15) is 0 Å². The van der Waals surface area contributed by atoms with Crippen LogP contribution >= 0.6 is 0 Å². The van der Waals surface area contributed by atoms with Gasteiger partial charge in [0, 0.05) is 12.0 Å². The van der Waals surface area contributed by atoms with Crippen LogP contribution in [-0.2, 0) is 6.42 Å². The molecule has 2 aromatic carbocycles. The van der Waals surface area contributed by atoms with Crippen LogP contribution in [0, 0.1) is 0 Å². The van der Waals surface area contributed by atoms with Gasteiger partial charge in [0.25, 0.3) is 0 Å². The largest absolute Gasteiger partial charge is 0.497 e. The van der Waals surface area contributed by atoms with Crippen LogP contribution in [0.5, 0.6) is 17.2 Å². The summed E-state index contributed by atoms with van der Waals surface area (Å²) in [5.74, 6) is 3.14. The second kappa shape index (κ2) is 7.30. The normalized spacial score (nSPS) is 24.8. The van der Waals surface area contributed by atoms with Crippen molar-refractivity contribution >= 4 is 0 Å². The number of piperidine rings is 1. The molecule has 2 aliphatic heterocycles. The summed E-state index contributed by atoms with van der Waals surface area (Å²) in [4.78, 5) is 2.44. The van der Waals surface area contributed by atoms with Crippen molar-refractivity contribution in [2.75, 3.05) is 33.4 Å². The molecule has 148 valence electrons. The Labute approximate surface area is 165 Å². The van der Waals surface area contributed by atoms with Crippen LogP contribution in [0.4, 0.5) is 0 Å². The van der Waals surface area contributed by atoms with E-state index in [0.717, 1.165) is 49.6 Å². The lowest BCUT2D eigenvalue weighted by atomic mass is 9.87. The number of nitrogens with zero attached hydrogens (tertiary/aromatic N) is 1. The van der Waals surface area contributed by atoms with Gasteiger partial charge in [0.2, 0.25) is 0 Å². The summed E-state index contributed by atoms with van der Waals surface area (Å²) in [6.07, 6.45) is 2.49. The minimum atomic E-state index is -0.347. The zero-order valence-electron chi connectivity index (χ0n) is 16.3. The first-order chi connectivity index (χ1) is 13.7. The number of methoxy groups -OCH3 is 1. The van der Waals surface area contributed by atoms with Crippen molar-refractivity contribution in [3.8, 4) is 17.2 Å². The highest BCUT2D eigenvalue weighted by molar-refractivity contribution is 5.49. The number of benzene rings is 2. The Kier molecular flexibility index (Phi) is 4.65. The Balaban J connectivity index is 1.34. The van der Waals surface area contributed by atoms with E-state index in [1.54, 1.807) is 7.11 Å². The third-order valence-corrected chi connectivity index (χ3v) is 6.42. The summed E-state index contributed by atoms with van der Waals surface area (Å²) in [7, 11) is 1.69. The molecule has 0 saturated carbocycles. The summed E-state index contributed by atoms with van der Waals surface area (Å²) < 4.78 is 17.1. The lowest BCUT2D eigenvalue weighted by molar-refractivity contribution is 0.0455. The molecule has 0 spiro atoms. The minimum Gasteiger partial charge on any atom is -0.497 e. The second-order valence-corrected chi connectivity index (χ2v) is 7.96. The first kappa shape index (κ1) is 17.8. The van der Waals surface area contributed by atoms with Crippen LogP contribution in [-0.4, -0.2) is 49.5 Å². The van der Waals surface area contributed by atoms with Crippen LogP contribution in [0.15, 0.2) is 36.4 Å². The molecule has 0 bridgehead atoms. The maximum atomic E-state index is 10.7. The topological polar surface area (TPSA) is 51.2 Å². The van der Waals surface area contributed by atoms with Crippen LogP contribution in [0.1, 0.15) is 41.5 Å². The molecule has 3 aliphatic rings. The lowest BCUT2D eigenvalue weighted by Crippen LogP contribution is -2.39. The quantitative estimate of drug-likeness (QED) is 0.884. The monoisotopic (exact) mass is 381 g/mol. The number of aliphatic hydroxyl groups excluding tert-OH is 1. The fourth-order valence-corrected chi connectivity index (χ4v) is 5.05. The van der Waals surface area contributed by atoms with Crippen molar-refractivity contribution in [3.63, 3.8) is 0 Å². The number of ether oxygens (including phenoxy) is 3. The molecule has 5 nitrogen and oxygen atoms in total. The molecule has 5 heteroatoms. The van der Waals surface area contributed by atoms with Crippen molar-refractivity contribution in [2.45, 2.75) is 37.3 Å². The maximum absolute atomic E-state index is 10.7. The minimum absolute atomic E-state index is 0.0651. The highest BCUT2D eigenvalue weighted by Crippen LogP contribution is 2.44. The number of aliphatic hydroxyl groups is 1. The Morgan fingerprint density at radius 1 is 1.04 bits per heavy atom. The van der Waals surface area contributed by atoms with Crippen LogP contribution in [0.3, 0.4) is 0 Å². The van der Waals surface area contributed by atoms with Gasteiger partial charge in [-0.1, -0.05) is 18.2 Å². The zero-order chi connectivity index (χ0) is 19.1. The summed E-state index contributed by atoms with van der Waals surface area (Å²) in [5.41, 5.74) is 3.73. The van der Waals surface area contributed by atoms with Gasteiger partial charge < -0.3 is 19.3 Å². The molecule has 2 atom stereocenters. The zero-order valence-corrected chi connectivity index (χ0v) is 16.3. The standard InChI is InChI=1S/C23H27NO4/c1-26-17-6-5-16-13-20(25)22(19(16)14-17)24-9-7-15(8-10-24)18-3-2-4-21-23(18)28-12-11-27-21/h2-6,14-15,20,22,25H,7-13H2,1H3/t20-,22-/m1/s1. The Hall–Kier alpha value is -2.24. The molecule has 0 aromatic heterocycles. The summed E-state index contributed by atoms with van der Waals surface area (Å²) in [6, 6.07) is 12.5. The molecule has 0 amide bonds. The van der Waals surface area contributed by atoms with E-state index in [9.17, 15) is 5.11 Å². The smallest absolute Gasteiger partial charge is 0.164 e. The number of para-hydroxylation sites is 1. The van der Waals surface area contributed by atoms with E-state index >= 15 is 0 Å². The van der Waals surface area contributed by atoms with Crippen molar-refractivity contribution in [1.82, 2.24) is 4.90 Å². The highest BCUT2D eigenvalue weighted by Gasteiger charge is 2.38. The van der Waals surface area contributed by atoms with Crippen LogP contribution < -0.4 is 14.2 Å². The first-order valence-corrected chi connectivity index (χ1v) is 10.2. The molecule has 1 saturated heterocycles. The molecule has 5 rings (SSSR count). The van der Waals surface area contributed by atoms with Crippen molar-refractivity contribution < 1.29 is 19.3 Å². The van der Waals surface area contributed by atoms with E-state index < -0.39 is 0 Å². The summed E-state index contributed by atoms with van der Waals surface area (Å²) in [5, 5.41) is 10.7. The predicted octanol–water partition coefficient (Wildman–Crippen LogP) is 3.30. The van der Waals surface area contributed by atoms with Crippen LogP contribution in [0.2, 0.25) is 0 Å². The van der Waals surface area contributed by atoms with Gasteiger partial charge in [0.1, 0.15) is 19.0 Å². The maximum Gasteiger partial charge on any atom is 0.164 e. The van der Waals surface area contributed by atoms with Crippen molar-refractivity contribution in [2.24, 2.45) is 0 Å². The highest BCUT2D eigenvalue weighted by atomic mass is 16.6. The third kappa shape index (κ3) is 3.03. The summed E-state index contributed by atoms with van der Waals surface area (Å²) in [6.45, 7) is 3.17. The average Bonchev–Trinajstić information content (AvgIpc) is 3.08. The van der Waals surface area contributed by atoms with Gasteiger partial charge in [-0.05, 0) is 61.2 Å². The number of likely N-dealkylation sites (tertiary alicyclic amines) is 1. The van der Waals surface area contributed by atoms with Crippen molar-refractivity contribution in [1.29, 1.82) is 0 Å². The lowest BCUT2D eigenvalue weighted by Gasteiger charge is -2.38. The molecule has 0 unspecified atom stereocenters. The van der Waals surface area contributed by atoms with Gasteiger partial charge in [-0.15, -0.1) is 0 Å². The van der Waals surface area contributed by atoms with Crippen molar-refractivity contribution in [3.05, 3.63) is 53.1 Å². The van der Waals surface area contributed by atoms with E-state index in [1.807, 2.05) is 12.1 Å². The van der Waals surface area contributed by atoms with E-state index in [1.165, 1.54) is 16.7 Å². The third-order valence-electron chi connectivity index (χ3n) is 6.42. The Bertz CT molecular complexity index is 860. The first-order valence-electron chi connectivity index (χ1n) is 10.2. The Morgan fingerprint density at radius 2 is 1.86 bits per heavy atom. The molecule has 2 aromatic rings. The molecule has 2 heterocycles. The second-order valence-electron chi connectivity index (χ2n) is 7.96. The van der Waals surface area contributed by atoms with Gasteiger partial charge >= 0.3 is 0 Å². The predicted molar refractivity (Wildman–Crippen MR) is 106 cm³/mol. The van der Waals surface area contributed by atoms with E-state index in [4.69, 9.17) is 14.2 Å². The molecular formula is C23H27NO4. The number of hydrogen-bond acceptors (Lipinski definition) is 5. The number of hydrogen-bond donors (Lipinski definition) is 1. The molecular weight excluding hydrogens is 354 g/mol. The van der Waals surface area contributed by atoms with Gasteiger partial charge in [-0.3, -0.25) is 4.90 Å². The van der Waals surface area contributed by atoms with Gasteiger partial charge in [0.15, 0.2) is 11.5 Å². The Morgan fingerprint density at radius 3 is 2.68 bits per heavy atom. The number of fused-ring (bicyclic) bond motifs is 2. The van der Waals surface area contributed by atoms with E-state index in [-0.39, 0.29) is 12.1 Å². The molecule has 0 radical (unpaired) electrons.